The minimum Gasteiger partial charge on any atom is -0.396 e. The van der Waals surface area contributed by atoms with Crippen LogP contribution in [0, 0.1) is 0 Å². The first-order chi connectivity index (χ1) is 6.15. The second-order valence-electron chi connectivity index (χ2n) is 2.78. The van der Waals surface area contributed by atoms with Gasteiger partial charge >= 0.3 is 0 Å². The first-order valence-corrected chi connectivity index (χ1v) is 5.13. The molecule has 2 nitrogen and oxygen atoms in total. The third-order valence-corrected chi connectivity index (χ3v) is 2.75. The lowest BCUT2D eigenvalue weighted by atomic mass is 10.1. The summed E-state index contributed by atoms with van der Waals surface area (Å²) in [5.41, 5.74) is 6.76. The minimum atomic E-state index is -0.168. The number of aliphatic hydroxyl groups is 1. The van der Waals surface area contributed by atoms with Gasteiger partial charge < -0.3 is 10.8 Å². The normalized spacial score (nSPS) is 12.9. The molecule has 0 aliphatic rings. The van der Waals surface area contributed by atoms with Crippen LogP contribution < -0.4 is 5.73 Å². The lowest BCUT2D eigenvalue weighted by Crippen LogP contribution is -2.12. The number of aliphatic hydroxyl groups excluding tert-OH is 1. The van der Waals surface area contributed by atoms with Crippen LogP contribution in [0.4, 0.5) is 0 Å². The zero-order valence-electron chi connectivity index (χ0n) is 7.00. The van der Waals surface area contributed by atoms with Crippen LogP contribution >= 0.6 is 27.5 Å². The van der Waals surface area contributed by atoms with Gasteiger partial charge in [0.2, 0.25) is 0 Å². The number of nitrogens with two attached hydrogens (primary N) is 1. The Morgan fingerprint density at radius 1 is 1.54 bits per heavy atom. The highest BCUT2D eigenvalue weighted by molar-refractivity contribution is 9.10. The van der Waals surface area contributed by atoms with Gasteiger partial charge in [0.05, 0.1) is 0 Å². The topological polar surface area (TPSA) is 46.2 Å². The predicted molar refractivity (Wildman–Crippen MR) is 57.8 cm³/mol. The van der Waals surface area contributed by atoms with Gasteiger partial charge in [-0.1, -0.05) is 27.5 Å². The minimum absolute atomic E-state index is 0.0835. The fraction of sp³-hybridized carbons (Fsp3) is 0.333. The van der Waals surface area contributed by atoms with Gasteiger partial charge in [-0.25, -0.2) is 0 Å². The standard InChI is InChI=1S/C9H11BrClNO/c10-8-2-1-6(11)5-7(8)9(12)3-4-13/h1-2,5,9,13H,3-4,12H2/t9-/m1/s1. The summed E-state index contributed by atoms with van der Waals surface area (Å²) in [5.74, 6) is 0. The molecule has 0 fully saturated rings. The van der Waals surface area contributed by atoms with Crippen molar-refractivity contribution >= 4 is 27.5 Å². The van der Waals surface area contributed by atoms with E-state index in [4.69, 9.17) is 22.4 Å². The zero-order valence-corrected chi connectivity index (χ0v) is 9.35. The van der Waals surface area contributed by atoms with E-state index in [0.717, 1.165) is 10.0 Å². The molecule has 0 spiro atoms. The summed E-state index contributed by atoms with van der Waals surface area (Å²) < 4.78 is 0.929. The van der Waals surface area contributed by atoms with E-state index < -0.39 is 0 Å². The van der Waals surface area contributed by atoms with Crippen molar-refractivity contribution in [2.24, 2.45) is 5.73 Å². The average molecular weight is 265 g/mol. The fourth-order valence-corrected chi connectivity index (χ4v) is 1.81. The Balaban J connectivity index is 2.91. The molecule has 0 bridgehead atoms. The smallest absolute Gasteiger partial charge is 0.0449 e. The lowest BCUT2D eigenvalue weighted by Gasteiger charge is -2.12. The second kappa shape index (κ2) is 4.96. The summed E-state index contributed by atoms with van der Waals surface area (Å²) in [6, 6.07) is 5.29. The van der Waals surface area contributed by atoms with Crippen LogP contribution in [0.1, 0.15) is 18.0 Å². The Morgan fingerprint density at radius 2 is 2.23 bits per heavy atom. The summed E-state index contributed by atoms with van der Waals surface area (Å²) >= 11 is 9.20. The molecule has 0 saturated carbocycles. The molecule has 0 aromatic heterocycles. The zero-order chi connectivity index (χ0) is 9.84. The van der Waals surface area contributed by atoms with Crippen molar-refractivity contribution in [2.75, 3.05) is 6.61 Å². The molecule has 0 aliphatic carbocycles. The maximum absolute atomic E-state index is 8.73. The molecule has 13 heavy (non-hydrogen) atoms. The molecule has 0 amide bonds. The van der Waals surface area contributed by atoms with E-state index in [1.807, 2.05) is 12.1 Å². The number of benzene rings is 1. The van der Waals surface area contributed by atoms with E-state index in [1.165, 1.54) is 0 Å². The summed E-state index contributed by atoms with van der Waals surface area (Å²) in [5, 5.41) is 9.39. The van der Waals surface area contributed by atoms with Gasteiger partial charge in [-0.05, 0) is 30.2 Å². The van der Waals surface area contributed by atoms with Gasteiger partial charge in [-0.3, -0.25) is 0 Å². The Bertz CT molecular complexity index is 293. The number of hydrogen-bond acceptors (Lipinski definition) is 2. The molecule has 0 unspecified atom stereocenters. The van der Waals surface area contributed by atoms with Crippen LogP contribution in [0.15, 0.2) is 22.7 Å². The quantitative estimate of drug-likeness (QED) is 0.881. The first kappa shape index (κ1) is 11.0. The molecule has 3 N–H and O–H groups in total. The van der Waals surface area contributed by atoms with E-state index in [-0.39, 0.29) is 12.6 Å². The molecule has 1 rings (SSSR count). The van der Waals surface area contributed by atoms with Gasteiger partial charge in [-0.15, -0.1) is 0 Å². The van der Waals surface area contributed by atoms with E-state index in [9.17, 15) is 0 Å². The molecule has 4 heteroatoms. The summed E-state index contributed by atoms with van der Waals surface area (Å²) in [6.07, 6.45) is 0.541. The molecule has 0 heterocycles. The molecule has 0 aliphatic heterocycles. The third-order valence-electron chi connectivity index (χ3n) is 1.80. The van der Waals surface area contributed by atoms with Crippen LogP contribution in [0.25, 0.3) is 0 Å². The summed E-state index contributed by atoms with van der Waals surface area (Å²) in [6.45, 7) is 0.0835. The number of hydrogen-bond donors (Lipinski definition) is 2. The van der Waals surface area contributed by atoms with Gasteiger partial charge in [0.15, 0.2) is 0 Å². The van der Waals surface area contributed by atoms with Gasteiger partial charge in [0, 0.05) is 22.1 Å². The van der Waals surface area contributed by atoms with E-state index in [2.05, 4.69) is 15.9 Å². The maximum Gasteiger partial charge on any atom is 0.0449 e. The van der Waals surface area contributed by atoms with Gasteiger partial charge in [0.1, 0.15) is 0 Å². The van der Waals surface area contributed by atoms with E-state index in [0.29, 0.717) is 11.4 Å². The Morgan fingerprint density at radius 3 is 2.85 bits per heavy atom. The highest BCUT2D eigenvalue weighted by Crippen LogP contribution is 2.26. The van der Waals surface area contributed by atoms with Crippen molar-refractivity contribution < 1.29 is 5.11 Å². The largest absolute Gasteiger partial charge is 0.396 e. The first-order valence-electron chi connectivity index (χ1n) is 3.96. The molecule has 1 atom stereocenters. The number of rotatable bonds is 3. The van der Waals surface area contributed by atoms with Gasteiger partial charge in [-0.2, -0.15) is 0 Å². The van der Waals surface area contributed by atoms with Crippen LogP contribution in [-0.2, 0) is 0 Å². The van der Waals surface area contributed by atoms with E-state index in [1.54, 1.807) is 6.07 Å². The highest BCUT2D eigenvalue weighted by atomic mass is 79.9. The molecule has 0 saturated heterocycles. The monoisotopic (exact) mass is 263 g/mol. The molecule has 0 radical (unpaired) electrons. The molecule has 1 aromatic rings. The Labute approximate surface area is 90.8 Å². The molecule has 72 valence electrons. The van der Waals surface area contributed by atoms with E-state index >= 15 is 0 Å². The van der Waals surface area contributed by atoms with Crippen LogP contribution in [0.5, 0.6) is 0 Å². The third kappa shape index (κ3) is 2.95. The van der Waals surface area contributed by atoms with Gasteiger partial charge in [0.25, 0.3) is 0 Å². The Kier molecular flexibility index (Phi) is 4.19. The lowest BCUT2D eigenvalue weighted by molar-refractivity contribution is 0.276. The second-order valence-corrected chi connectivity index (χ2v) is 4.08. The molecular formula is C9H11BrClNO. The van der Waals surface area contributed by atoms with Crippen molar-refractivity contribution in [3.05, 3.63) is 33.3 Å². The molecular weight excluding hydrogens is 253 g/mol. The van der Waals surface area contributed by atoms with Crippen molar-refractivity contribution in [1.29, 1.82) is 0 Å². The Hall–Kier alpha value is -0.0900. The maximum atomic E-state index is 8.73. The molecule has 1 aromatic carbocycles. The summed E-state index contributed by atoms with van der Waals surface area (Å²) in [7, 11) is 0. The number of halogens is 2. The van der Waals surface area contributed by atoms with Crippen molar-refractivity contribution in [3.63, 3.8) is 0 Å². The van der Waals surface area contributed by atoms with Crippen LogP contribution in [0.3, 0.4) is 0 Å². The van der Waals surface area contributed by atoms with Crippen LogP contribution in [-0.4, -0.2) is 11.7 Å². The van der Waals surface area contributed by atoms with Crippen LogP contribution in [0.2, 0.25) is 5.02 Å². The SMILES string of the molecule is N[C@H](CCO)c1cc(Cl)ccc1Br. The summed E-state index contributed by atoms with van der Waals surface area (Å²) in [4.78, 5) is 0. The van der Waals surface area contributed by atoms with Crippen molar-refractivity contribution in [1.82, 2.24) is 0 Å². The van der Waals surface area contributed by atoms with Crippen molar-refractivity contribution in [3.8, 4) is 0 Å². The average Bonchev–Trinajstić information content (AvgIpc) is 2.09. The predicted octanol–water partition coefficient (Wildman–Crippen LogP) is 2.48. The highest BCUT2D eigenvalue weighted by Gasteiger charge is 2.09. The van der Waals surface area contributed by atoms with Crippen molar-refractivity contribution in [2.45, 2.75) is 12.5 Å². The fourth-order valence-electron chi connectivity index (χ4n) is 1.09.